The van der Waals surface area contributed by atoms with Crippen molar-refractivity contribution in [2.45, 2.75) is 45.1 Å². The molecule has 0 saturated heterocycles. The van der Waals surface area contributed by atoms with Crippen LogP contribution in [0, 0.1) is 6.92 Å². The molecule has 1 aromatic heterocycles. The third-order valence-electron chi connectivity index (χ3n) is 7.29. The molecule has 43 heavy (non-hydrogen) atoms. The number of benzene rings is 4. The van der Waals surface area contributed by atoms with E-state index in [2.05, 4.69) is 16.6 Å². The lowest BCUT2D eigenvalue weighted by molar-refractivity contribution is -0.140. The second-order valence-corrected chi connectivity index (χ2v) is 11.8. The van der Waals surface area contributed by atoms with E-state index >= 15 is 0 Å². The van der Waals surface area contributed by atoms with Crippen molar-refractivity contribution in [3.63, 3.8) is 0 Å². The zero-order valence-corrected chi connectivity index (χ0v) is 25.8. The van der Waals surface area contributed by atoms with Crippen LogP contribution < -0.4 is 0 Å². The third kappa shape index (κ3) is 6.90. The van der Waals surface area contributed by atoms with Crippen LogP contribution in [-0.2, 0) is 22.6 Å². The number of aryl methyl sites for hydroxylation is 2. The third-order valence-corrected chi connectivity index (χ3v) is 8.55. The van der Waals surface area contributed by atoms with Crippen molar-refractivity contribution in [3.05, 3.63) is 112 Å². The SMILES string of the molecule is CCn1c2ccc(CC(=O)c3ccccc3C)cc2c2cc(C(=O)C(CCSc3ccc(Cl)cc3)=NOC(C)=O)ccc21. The Kier molecular flexibility index (Phi) is 9.43. The van der Waals surface area contributed by atoms with Gasteiger partial charge in [0.1, 0.15) is 5.71 Å². The van der Waals surface area contributed by atoms with Gasteiger partial charge in [-0.05, 0) is 79.6 Å². The smallest absolute Gasteiger partial charge is 0.331 e. The number of Topliss-reactive ketones (excluding diaryl/α,β-unsaturated/α-hetero) is 2. The van der Waals surface area contributed by atoms with Crippen LogP contribution in [-0.4, -0.2) is 33.6 Å². The maximum absolute atomic E-state index is 13.7. The van der Waals surface area contributed by atoms with Crippen LogP contribution in [0.15, 0.2) is 95.0 Å². The van der Waals surface area contributed by atoms with E-state index in [9.17, 15) is 14.4 Å². The van der Waals surface area contributed by atoms with Gasteiger partial charge in [0.15, 0.2) is 5.78 Å². The number of hydrogen-bond donors (Lipinski definition) is 0. The summed E-state index contributed by atoms with van der Waals surface area (Å²) in [6, 6.07) is 26.8. The molecule has 8 heteroatoms. The molecule has 0 aliphatic rings. The summed E-state index contributed by atoms with van der Waals surface area (Å²) in [4.78, 5) is 44.3. The minimum absolute atomic E-state index is 0.0651. The number of carbonyl (C=O) groups excluding carboxylic acids is 3. The summed E-state index contributed by atoms with van der Waals surface area (Å²) in [7, 11) is 0. The van der Waals surface area contributed by atoms with Gasteiger partial charge in [-0.3, -0.25) is 9.59 Å². The standard InChI is InChI=1S/C35H31ClN2O4S/c1-4-38-32-15-9-24(20-34(40)28-8-6-5-7-22(28)2)19-29(32)30-21-25(10-16-33(30)38)35(41)31(37-42-23(3)39)17-18-43-27-13-11-26(36)12-14-27/h5-16,19,21H,4,17-18,20H2,1-3H3. The number of oxime groups is 1. The van der Waals surface area contributed by atoms with E-state index < -0.39 is 5.97 Å². The average molecular weight is 611 g/mol. The predicted octanol–water partition coefficient (Wildman–Crippen LogP) is 8.49. The van der Waals surface area contributed by atoms with Gasteiger partial charge in [-0.25, -0.2) is 4.79 Å². The van der Waals surface area contributed by atoms with E-state index in [0.29, 0.717) is 22.8 Å². The first-order valence-electron chi connectivity index (χ1n) is 14.1. The Morgan fingerprint density at radius 2 is 1.60 bits per heavy atom. The molecule has 4 aromatic carbocycles. The highest BCUT2D eigenvalue weighted by molar-refractivity contribution is 7.99. The van der Waals surface area contributed by atoms with Crippen molar-refractivity contribution < 1.29 is 19.2 Å². The highest BCUT2D eigenvalue weighted by Gasteiger charge is 2.19. The molecule has 0 bridgehead atoms. The Bertz CT molecular complexity index is 1870. The van der Waals surface area contributed by atoms with Crippen LogP contribution in [0.1, 0.15) is 52.1 Å². The molecule has 5 rings (SSSR count). The van der Waals surface area contributed by atoms with Gasteiger partial charge in [-0.2, -0.15) is 0 Å². The molecule has 0 aliphatic heterocycles. The number of hydrogen-bond acceptors (Lipinski definition) is 6. The zero-order valence-electron chi connectivity index (χ0n) is 24.2. The molecule has 0 radical (unpaired) electrons. The van der Waals surface area contributed by atoms with Crippen molar-refractivity contribution >= 4 is 68.4 Å². The molecule has 0 N–H and O–H groups in total. The van der Waals surface area contributed by atoms with E-state index in [-0.39, 0.29) is 23.7 Å². The molecule has 0 aliphatic carbocycles. The number of nitrogens with zero attached hydrogens (tertiary/aromatic N) is 2. The van der Waals surface area contributed by atoms with Crippen LogP contribution in [0.2, 0.25) is 5.02 Å². The largest absolute Gasteiger partial charge is 0.341 e. The molecular weight excluding hydrogens is 580 g/mol. The second-order valence-electron chi connectivity index (χ2n) is 10.2. The van der Waals surface area contributed by atoms with E-state index in [1.54, 1.807) is 17.8 Å². The van der Waals surface area contributed by atoms with Gasteiger partial charge >= 0.3 is 5.97 Å². The molecule has 5 aromatic rings. The lowest BCUT2D eigenvalue weighted by atomic mass is 9.98. The summed E-state index contributed by atoms with van der Waals surface area (Å²) < 4.78 is 2.20. The van der Waals surface area contributed by atoms with E-state index in [4.69, 9.17) is 16.4 Å². The van der Waals surface area contributed by atoms with Crippen molar-refractivity contribution in [1.82, 2.24) is 4.57 Å². The number of fused-ring (bicyclic) bond motifs is 3. The van der Waals surface area contributed by atoms with Gasteiger partial charge in [0, 0.05) is 74.9 Å². The molecule has 0 spiro atoms. The highest BCUT2D eigenvalue weighted by atomic mass is 35.5. The molecule has 218 valence electrons. The van der Waals surface area contributed by atoms with E-state index in [1.165, 1.54) is 6.92 Å². The Morgan fingerprint density at radius 3 is 2.30 bits per heavy atom. The fraction of sp³-hybridized carbons (Fsp3) is 0.200. The van der Waals surface area contributed by atoms with Gasteiger partial charge in [-0.1, -0.05) is 47.1 Å². The van der Waals surface area contributed by atoms with Crippen LogP contribution in [0.5, 0.6) is 0 Å². The maximum atomic E-state index is 13.7. The van der Waals surface area contributed by atoms with Crippen molar-refractivity contribution in [1.29, 1.82) is 0 Å². The quantitative estimate of drug-likeness (QED) is 0.0493. The number of rotatable bonds is 11. The highest BCUT2D eigenvalue weighted by Crippen LogP contribution is 2.32. The van der Waals surface area contributed by atoms with E-state index in [0.717, 1.165) is 49.9 Å². The van der Waals surface area contributed by atoms with Gasteiger partial charge in [-0.15, -0.1) is 11.8 Å². The summed E-state index contributed by atoms with van der Waals surface area (Å²) in [5.41, 5.74) is 5.23. The monoisotopic (exact) mass is 610 g/mol. The van der Waals surface area contributed by atoms with Gasteiger partial charge in [0.05, 0.1) is 0 Å². The van der Waals surface area contributed by atoms with Crippen LogP contribution in [0.3, 0.4) is 0 Å². The Morgan fingerprint density at radius 1 is 0.907 bits per heavy atom. The first-order valence-corrected chi connectivity index (χ1v) is 15.4. The van der Waals surface area contributed by atoms with Crippen molar-refractivity contribution in [2.75, 3.05) is 5.75 Å². The van der Waals surface area contributed by atoms with Crippen molar-refractivity contribution in [2.24, 2.45) is 5.16 Å². The Hall–Kier alpha value is -4.20. The van der Waals surface area contributed by atoms with E-state index in [1.807, 2.05) is 85.8 Å². The predicted molar refractivity (Wildman–Crippen MR) is 175 cm³/mol. The molecule has 0 saturated carbocycles. The normalized spacial score (nSPS) is 11.7. The minimum atomic E-state index is -0.593. The second kappa shape index (κ2) is 13.4. The first-order chi connectivity index (χ1) is 20.7. The molecule has 1 heterocycles. The Balaban J connectivity index is 1.46. The Labute approximate surface area is 259 Å². The molecule has 0 atom stereocenters. The number of thioether (sulfide) groups is 1. The summed E-state index contributed by atoms with van der Waals surface area (Å²) in [6.45, 7) is 6.02. The number of carbonyl (C=O) groups is 3. The molecular formula is C35H31ClN2O4S. The lowest BCUT2D eigenvalue weighted by Crippen LogP contribution is -2.16. The van der Waals surface area contributed by atoms with Crippen LogP contribution in [0.25, 0.3) is 21.8 Å². The fourth-order valence-corrected chi connectivity index (χ4v) is 6.18. The number of aromatic nitrogens is 1. The lowest BCUT2D eigenvalue weighted by Gasteiger charge is -2.07. The molecule has 6 nitrogen and oxygen atoms in total. The molecule has 0 amide bonds. The maximum Gasteiger partial charge on any atom is 0.331 e. The minimum Gasteiger partial charge on any atom is -0.341 e. The van der Waals surface area contributed by atoms with Gasteiger partial charge in [0.2, 0.25) is 5.78 Å². The van der Waals surface area contributed by atoms with Crippen LogP contribution in [0.4, 0.5) is 0 Å². The van der Waals surface area contributed by atoms with Crippen molar-refractivity contribution in [3.8, 4) is 0 Å². The number of halogens is 1. The fourth-order valence-electron chi connectivity index (χ4n) is 5.19. The summed E-state index contributed by atoms with van der Waals surface area (Å²) in [5.74, 6) is -0.272. The summed E-state index contributed by atoms with van der Waals surface area (Å²) >= 11 is 7.55. The van der Waals surface area contributed by atoms with Gasteiger partial charge in [0.25, 0.3) is 0 Å². The number of ketones is 2. The molecule has 0 fully saturated rings. The van der Waals surface area contributed by atoms with Gasteiger partial charge < -0.3 is 9.40 Å². The topological polar surface area (TPSA) is 77.7 Å². The zero-order chi connectivity index (χ0) is 30.5. The molecule has 0 unspecified atom stereocenters. The van der Waals surface area contributed by atoms with Crippen LogP contribution >= 0.6 is 23.4 Å². The summed E-state index contributed by atoms with van der Waals surface area (Å²) in [5, 5.41) is 6.47. The average Bonchev–Trinajstić information content (AvgIpc) is 3.31. The summed E-state index contributed by atoms with van der Waals surface area (Å²) in [6.07, 6.45) is 0.585. The first kappa shape index (κ1) is 30.3.